The van der Waals surface area contributed by atoms with Crippen molar-refractivity contribution in [3.05, 3.63) is 48.7 Å². The van der Waals surface area contributed by atoms with Crippen LogP contribution in [-0.2, 0) is 0 Å². The third-order valence-electron chi connectivity index (χ3n) is 4.45. The lowest BCUT2D eigenvalue weighted by molar-refractivity contribution is 0.352. The molecule has 0 N–H and O–H groups in total. The number of nitrogens with zero attached hydrogens (tertiary/aromatic N) is 5. The number of hydrogen-bond acceptors (Lipinski definition) is 4. The highest BCUT2D eigenvalue weighted by atomic mass is 15.2. The van der Waals surface area contributed by atoms with Gasteiger partial charge in [-0.15, -0.1) is 0 Å². The minimum Gasteiger partial charge on any atom is -0.303 e. The molecule has 22 heavy (non-hydrogen) atoms. The molecule has 1 atom stereocenters. The number of fused-ring (bicyclic) bond motifs is 1. The Balaban J connectivity index is 1.87. The zero-order valence-electron chi connectivity index (χ0n) is 12.7. The Labute approximate surface area is 129 Å². The Hall–Kier alpha value is -2.27. The first-order valence-electron chi connectivity index (χ1n) is 7.83. The summed E-state index contributed by atoms with van der Waals surface area (Å²) >= 11 is 0. The van der Waals surface area contributed by atoms with Gasteiger partial charge in [0.15, 0.2) is 5.65 Å². The lowest BCUT2D eigenvalue weighted by Gasteiger charge is -2.15. The lowest BCUT2D eigenvalue weighted by Crippen LogP contribution is -2.20. The second-order valence-electron chi connectivity index (χ2n) is 5.74. The molecule has 0 spiro atoms. The minimum atomic E-state index is 0.460. The van der Waals surface area contributed by atoms with Gasteiger partial charge in [-0.1, -0.05) is 6.92 Å². The highest BCUT2D eigenvalue weighted by Gasteiger charge is 2.28. The van der Waals surface area contributed by atoms with Gasteiger partial charge in [-0.05, 0) is 43.8 Å². The van der Waals surface area contributed by atoms with E-state index < -0.39 is 0 Å². The maximum Gasteiger partial charge on any atom is 0.164 e. The van der Waals surface area contributed by atoms with Crippen LogP contribution in [0.4, 0.5) is 0 Å². The molecule has 1 aliphatic heterocycles. The van der Waals surface area contributed by atoms with E-state index in [-0.39, 0.29) is 0 Å². The van der Waals surface area contributed by atoms with E-state index in [1.807, 2.05) is 42.9 Å². The molecule has 0 amide bonds. The van der Waals surface area contributed by atoms with Crippen LogP contribution >= 0.6 is 0 Å². The molecular weight excluding hydrogens is 274 g/mol. The minimum absolute atomic E-state index is 0.460. The molecule has 0 saturated carbocycles. The summed E-state index contributed by atoms with van der Waals surface area (Å²) in [6, 6.07) is 8.02. The van der Waals surface area contributed by atoms with Crippen LogP contribution in [0.1, 0.15) is 25.1 Å². The number of likely N-dealkylation sites (tertiary alicyclic amines) is 1. The quantitative estimate of drug-likeness (QED) is 0.745. The summed E-state index contributed by atoms with van der Waals surface area (Å²) < 4.78 is 2.20. The molecule has 5 heteroatoms. The van der Waals surface area contributed by atoms with E-state index in [0.29, 0.717) is 5.92 Å². The summed E-state index contributed by atoms with van der Waals surface area (Å²) in [6.45, 7) is 5.54. The van der Waals surface area contributed by atoms with E-state index in [4.69, 9.17) is 4.98 Å². The van der Waals surface area contributed by atoms with Gasteiger partial charge in [0.2, 0.25) is 0 Å². The maximum atomic E-state index is 4.89. The lowest BCUT2D eigenvalue weighted by atomic mass is 10.1. The summed E-state index contributed by atoms with van der Waals surface area (Å²) in [7, 11) is 0. The fourth-order valence-electron chi connectivity index (χ4n) is 3.28. The van der Waals surface area contributed by atoms with Gasteiger partial charge in [-0.2, -0.15) is 0 Å². The predicted molar refractivity (Wildman–Crippen MR) is 86.1 cm³/mol. The first-order valence-corrected chi connectivity index (χ1v) is 7.83. The second kappa shape index (κ2) is 5.50. The zero-order valence-corrected chi connectivity index (χ0v) is 12.7. The van der Waals surface area contributed by atoms with Gasteiger partial charge in [-0.25, -0.2) is 9.97 Å². The van der Waals surface area contributed by atoms with E-state index >= 15 is 0 Å². The Morgan fingerprint density at radius 3 is 2.82 bits per heavy atom. The largest absolute Gasteiger partial charge is 0.303 e. The second-order valence-corrected chi connectivity index (χ2v) is 5.74. The predicted octanol–water partition coefficient (Wildman–Crippen LogP) is 2.62. The van der Waals surface area contributed by atoms with Crippen LogP contribution < -0.4 is 0 Å². The topological polar surface area (TPSA) is 46.8 Å². The van der Waals surface area contributed by atoms with E-state index in [0.717, 1.165) is 48.7 Å². The molecule has 3 aromatic rings. The monoisotopic (exact) mass is 293 g/mol. The first-order chi connectivity index (χ1) is 10.9. The van der Waals surface area contributed by atoms with Crippen molar-refractivity contribution in [1.82, 2.24) is 24.4 Å². The van der Waals surface area contributed by atoms with Crippen LogP contribution in [0.5, 0.6) is 0 Å². The average molecular weight is 293 g/mol. The van der Waals surface area contributed by atoms with Gasteiger partial charge in [-0.3, -0.25) is 9.55 Å². The Kier molecular flexibility index (Phi) is 3.35. The van der Waals surface area contributed by atoms with Crippen molar-refractivity contribution in [2.24, 2.45) is 0 Å². The van der Waals surface area contributed by atoms with Gasteiger partial charge in [0.25, 0.3) is 0 Å². The molecule has 3 aromatic heterocycles. The summed E-state index contributed by atoms with van der Waals surface area (Å²) in [5.74, 6) is 1.58. The number of aromatic nitrogens is 4. The number of likely N-dealkylation sites (N-methyl/N-ethyl adjacent to an activating group) is 1. The molecule has 1 fully saturated rings. The fourth-order valence-corrected chi connectivity index (χ4v) is 3.28. The summed E-state index contributed by atoms with van der Waals surface area (Å²) in [5, 5.41) is 0. The van der Waals surface area contributed by atoms with Crippen molar-refractivity contribution in [2.45, 2.75) is 19.3 Å². The van der Waals surface area contributed by atoms with Gasteiger partial charge >= 0.3 is 0 Å². The van der Waals surface area contributed by atoms with Crippen LogP contribution in [0, 0.1) is 0 Å². The van der Waals surface area contributed by atoms with Crippen LogP contribution in [0.3, 0.4) is 0 Å². The molecule has 4 heterocycles. The molecule has 1 unspecified atom stereocenters. The van der Waals surface area contributed by atoms with Crippen molar-refractivity contribution in [3.63, 3.8) is 0 Å². The van der Waals surface area contributed by atoms with Crippen molar-refractivity contribution in [2.75, 3.05) is 19.6 Å². The number of hydrogen-bond donors (Lipinski definition) is 0. The van der Waals surface area contributed by atoms with Crippen LogP contribution in [0.15, 0.2) is 42.9 Å². The van der Waals surface area contributed by atoms with Gasteiger partial charge in [0.1, 0.15) is 11.3 Å². The van der Waals surface area contributed by atoms with Crippen LogP contribution in [0.2, 0.25) is 0 Å². The average Bonchev–Trinajstić information content (AvgIpc) is 3.19. The highest BCUT2D eigenvalue weighted by Crippen LogP contribution is 2.30. The third kappa shape index (κ3) is 2.18. The van der Waals surface area contributed by atoms with Crippen molar-refractivity contribution in [3.8, 4) is 5.69 Å². The van der Waals surface area contributed by atoms with E-state index in [1.165, 1.54) is 0 Å². The highest BCUT2D eigenvalue weighted by molar-refractivity contribution is 5.74. The molecular formula is C17H19N5. The number of rotatable bonds is 3. The zero-order chi connectivity index (χ0) is 14.9. The number of pyridine rings is 2. The number of imidazole rings is 1. The van der Waals surface area contributed by atoms with E-state index in [2.05, 4.69) is 26.4 Å². The Morgan fingerprint density at radius 2 is 2.05 bits per heavy atom. The standard InChI is InChI=1S/C17H19N5/c1-2-21-11-7-13(12-21)16-20-15-4-3-8-19-17(15)22(16)14-5-9-18-10-6-14/h3-6,8-10,13H,2,7,11-12H2,1H3. The van der Waals surface area contributed by atoms with E-state index in [1.54, 1.807) is 0 Å². The Bertz CT molecular complexity index is 780. The van der Waals surface area contributed by atoms with Crippen molar-refractivity contribution >= 4 is 11.2 Å². The molecule has 4 rings (SSSR count). The summed E-state index contributed by atoms with van der Waals surface area (Å²) in [5.41, 5.74) is 2.98. The normalized spacial score (nSPS) is 19.0. The molecule has 1 saturated heterocycles. The van der Waals surface area contributed by atoms with E-state index in [9.17, 15) is 0 Å². The van der Waals surface area contributed by atoms with Crippen molar-refractivity contribution in [1.29, 1.82) is 0 Å². The van der Waals surface area contributed by atoms with Crippen LogP contribution in [0.25, 0.3) is 16.9 Å². The SMILES string of the molecule is CCN1CCC(c2nc3cccnc3n2-c2ccncc2)C1. The molecule has 0 radical (unpaired) electrons. The maximum absolute atomic E-state index is 4.89. The molecule has 1 aliphatic rings. The first kappa shape index (κ1) is 13.4. The summed E-state index contributed by atoms with van der Waals surface area (Å²) in [6.07, 6.45) is 6.63. The summed E-state index contributed by atoms with van der Waals surface area (Å²) in [4.78, 5) is 16.1. The fraction of sp³-hybridized carbons (Fsp3) is 0.353. The van der Waals surface area contributed by atoms with Gasteiger partial charge < -0.3 is 4.90 Å². The molecule has 5 nitrogen and oxygen atoms in total. The molecule has 0 bridgehead atoms. The Morgan fingerprint density at radius 1 is 1.18 bits per heavy atom. The van der Waals surface area contributed by atoms with Crippen molar-refractivity contribution < 1.29 is 0 Å². The smallest absolute Gasteiger partial charge is 0.164 e. The third-order valence-corrected chi connectivity index (χ3v) is 4.45. The molecule has 0 aliphatic carbocycles. The molecule has 112 valence electrons. The molecule has 0 aromatic carbocycles. The van der Waals surface area contributed by atoms with Gasteiger partial charge in [0, 0.05) is 31.1 Å². The van der Waals surface area contributed by atoms with Crippen LogP contribution in [-0.4, -0.2) is 44.1 Å². The van der Waals surface area contributed by atoms with Gasteiger partial charge in [0.05, 0.1) is 5.69 Å².